The Morgan fingerprint density at radius 3 is 2.08 bits per heavy atom. The van der Waals surface area contributed by atoms with E-state index in [0.29, 0.717) is 6.42 Å². The molecule has 2 aromatic carbocycles. The third-order valence-corrected chi connectivity index (χ3v) is 6.28. The van der Waals surface area contributed by atoms with Gasteiger partial charge in [0.1, 0.15) is 6.67 Å². The van der Waals surface area contributed by atoms with E-state index in [0.717, 1.165) is 23.6 Å². The number of carbonyl (C=O) groups is 2. The van der Waals surface area contributed by atoms with Gasteiger partial charge in [-0.3, -0.25) is 14.6 Å². The van der Waals surface area contributed by atoms with Crippen LogP contribution in [0.3, 0.4) is 0 Å². The molecule has 0 saturated carbocycles. The van der Waals surface area contributed by atoms with Gasteiger partial charge in [-0.05, 0) is 31.4 Å². The second-order valence-electron chi connectivity index (χ2n) is 9.06. The van der Waals surface area contributed by atoms with Gasteiger partial charge >= 0.3 is 5.97 Å². The smallest absolute Gasteiger partial charge is 0.354 e. The molecule has 0 fully saturated rings. The first-order valence-electron chi connectivity index (χ1n) is 12.2. The summed E-state index contributed by atoms with van der Waals surface area (Å²) in [5.41, 5.74) is 0.858. The van der Waals surface area contributed by atoms with Crippen LogP contribution in [0.2, 0.25) is 0 Å². The van der Waals surface area contributed by atoms with Crippen LogP contribution in [0.5, 0.6) is 5.75 Å². The van der Waals surface area contributed by atoms with E-state index in [9.17, 15) is 19.5 Å². The summed E-state index contributed by atoms with van der Waals surface area (Å²) in [7, 11) is 0. The van der Waals surface area contributed by atoms with Gasteiger partial charge in [0.15, 0.2) is 17.1 Å². The average Bonchev–Trinajstić information content (AvgIpc) is 2.87. The molecule has 0 saturated heterocycles. The highest BCUT2D eigenvalue weighted by Crippen LogP contribution is 2.34. The van der Waals surface area contributed by atoms with Crippen molar-refractivity contribution in [3.63, 3.8) is 0 Å². The summed E-state index contributed by atoms with van der Waals surface area (Å²) in [6, 6.07) is 19.8. The van der Waals surface area contributed by atoms with Gasteiger partial charge in [-0.1, -0.05) is 74.0 Å². The van der Waals surface area contributed by atoms with Crippen LogP contribution in [0.15, 0.2) is 71.5 Å². The normalized spacial score (nSPS) is 13.3. The van der Waals surface area contributed by atoms with Gasteiger partial charge in [-0.25, -0.2) is 9.47 Å². The number of amides is 1. The van der Waals surface area contributed by atoms with E-state index in [1.165, 1.54) is 4.68 Å². The molecule has 0 radical (unpaired) electrons. The van der Waals surface area contributed by atoms with Gasteiger partial charge in [0.05, 0.1) is 12.6 Å². The van der Waals surface area contributed by atoms with Gasteiger partial charge in [-0.15, -0.1) is 0 Å². The van der Waals surface area contributed by atoms with Crippen LogP contribution in [0.1, 0.15) is 71.8 Å². The molecule has 1 N–H and O–H groups in total. The highest BCUT2D eigenvalue weighted by atomic mass is 16.5. The Morgan fingerprint density at radius 2 is 1.58 bits per heavy atom. The van der Waals surface area contributed by atoms with Crippen molar-refractivity contribution in [3.05, 3.63) is 99.5 Å². The molecule has 0 aliphatic carbocycles. The second kappa shape index (κ2) is 10.7. The van der Waals surface area contributed by atoms with E-state index < -0.39 is 23.3 Å². The van der Waals surface area contributed by atoms with Gasteiger partial charge in [-0.2, -0.15) is 0 Å². The lowest BCUT2D eigenvalue weighted by molar-refractivity contribution is 0.0599. The number of hydrogen-bond donors (Lipinski definition) is 1. The molecule has 0 bridgehead atoms. The van der Waals surface area contributed by atoms with Crippen molar-refractivity contribution in [1.82, 2.24) is 9.58 Å². The van der Waals surface area contributed by atoms with E-state index in [4.69, 9.17) is 4.74 Å². The Labute approximate surface area is 210 Å². The SMILES string of the molecule is CCCCOc1c2n(c(C(=O)O)cc1=O)N(C(c1ccccc1)c1ccccc1)CN(C(C)C)C2=O. The van der Waals surface area contributed by atoms with Crippen molar-refractivity contribution < 1.29 is 19.4 Å². The number of nitrogens with zero attached hydrogens (tertiary/aromatic N) is 3. The van der Waals surface area contributed by atoms with Crippen molar-refractivity contribution in [2.24, 2.45) is 0 Å². The summed E-state index contributed by atoms with van der Waals surface area (Å²) in [5.74, 6) is -1.86. The largest absolute Gasteiger partial charge is 0.487 e. The van der Waals surface area contributed by atoms with E-state index >= 15 is 0 Å². The number of ether oxygens (including phenoxy) is 1. The number of unbranched alkanes of at least 4 members (excludes halogenated alkanes) is 1. The Bertz CT molecular complexity index is 1250. The van der Waals surface area contributed by atoms with Gasteiger partial charge in [0.25, 0.3) is 5.91 Å². The Morgan fingerprint density at radius 1 is 1.00 bits per heavy atom. The number of fused-ring (bicyclic) bond motifs is 1. The topological polar surface area (TPSA) is 92.1 Å². The average molecular weight is 490 g/mol. The third-order valence-electron chi connectivity index (χ3n) is 6.28. The number of aromatic carboxylic acids is 1. The molecule has 4 rings (SSSR count). The van der Waals surface area contributed by atoms with Crippen molar-refractivity contribution in [2.45, 2.75) is 45.7 Å². The number of hydrogen-bond acceptors (Lipinski definition) is 5. The highest BCUT2D eigenvalue weighted by molar-refractivity contribution is 5.98. The van der Waals surface area contributed by atoms with Crippen molar-refractivity contribution in [1.29, 1.82) is 0 Å². The van der Waals surface area contributed by atoms with Gasteiger partial charge in [0, 0.05) is 12.1 Å². The number of carboxylic acid groups (broad SMARTS) is 1. The molecular weight excluding hydrogens is 458 g/mol. The zero-order chi connectivity index (χ0) is 25.8. The summed E-state index contributed by atoms with van der Waals surface area (Å²) in [4.78, 5) is 40.8. The number of carbonyl (C=O) groups excluding carboxylic acids is 1. The molecule has 1 aliphatic heterocycles. The molecule has 188 valence electrons. The molecule has 0 spiro atoms. The molecule has 0 unspecified atom stereocenters. The van der Waals surface area contributed by atoms with Gasteiger partial charge < -0.3 is 14.7 Å². The zero-order valence-electron chi connectivity index (χ0n) is 20.8. The quantitative estimate of drug-likeness (QED) is 0.451. The monoisotopic (exact) mass is 489 g/mol. The maximum Gasteiger partial charge on any atom is 0.354 e. The van der Waals surface area contributed by atoms with Crippen LogP contribution in [0.25, 0.3) is 0 Å². The summed E-state index contributed by atoms with van der Waals surface area (Å²) in [5, 5.41) is 12.0. The molecule has 36 heavy (non-hydrogen) atoms. The van der Waals surface area contributed by atoms with Crippen LogP contribution in [-0.4, -0.2) is 45.9 Å². The van der Waals surface area contributed by atoms with Crippen LogP contribution in [-0.2, 0) is 0 Å². The van der Waals surface area contributed by atoms with Crippen LogP contribution in [0, 0.1) is 0 Å². The molecular formula is C28H31N3O5. The summed E-state index contributed by atoms with van der Waals surface area (Å²) in [6.45, 7) is 6.15. The third kappa shape index (κ3) is 4.71. The molecule has 0 atom stereocenters. The van der Waals surface area contributed by atoms with Crippen LogP contribution in [0.4, 0.5) is 0 Å². The Kier molecular flexibility index (Phi) is 7.43. The fourth-order valence-electron chi connectivity index (χ4n) is 4.47. The molecule has 1 amide bonds. The van der Waals surface area contributed by atoms with E-state index in [1.54, 1.807) is 4.90 Å². The number of carboxylic acids is 1. The highest BCUT2D eigenvalue weighted by Gasteiger charge is 2.40. The van der Waals surface area contributed by atoms with E-state index in [2.05, 4.69) is 0 Å². The summed E-state index contributed by atoms with van der Waals surface area (Å²) in [6.07, 6.45) is 1.54. The van der Waals surface area contributed by atoms with E-state index in [-0.39, 0.29) is 36.5 Å². The van der Waals surface area contributed by atoms with Gasteiger partial charge in [0.2, 0.25) is 5.43 Å². The first kappa shape index (κ1) is 25.0. The lowest BCUT2D eigenvalue weighted by Crippen LogP contribution is -2.58. The lowest BCUT2D eigenvalue weighted by Gasteiger charge is -2.46. The second-order valence-corrected chi connectivity index (χ2v) is 9.06. The predicted octanol–water partition coefficient (Wildman–Crippen LogP) is 4.27. The first-order valence-corrected chi connectivity index (χ1v) is 12.2. The van der Waals surface area contributed by atoms with Crippen molar-refractivity contribution in [2.75, 3.05) is 18.3 Å². The van der Waals surface area contributed by atoms with Crippen LogP contribution < -0.4 is 15.2 Å². The Hall–Kier alpha value is -4.07. The predicted molar refractivity (Wildman–Crippen MR) is 137 cm³/mol. The molecule has 8 nitrogen and oxygen atoms in total. The minimum Gasteiger partial charge on any atom is -0.487 e. The molecule has 3 aromatic rings. The fraction of sp³-hybridized carbons (Fsp3) is 0.321. The Balaban J connectivity index is 2.03. The number of pyridine rings is 1. The lowest BCUT2D eigenvalue weighted by atomic mass is 9.98. The molecule has 8 heteroatoms. The minimum absolute atomic E-state index is 0.0622. The first-order chi connectivity index (χ1) is 17.3. The number of rotatable bonds is 9. The minimum atomic E-state index is -1.30. The molecule has 2 heterocycles. The molecule has 1 aliphatic rings. The standard InChI is InChI=1S/C28H31N3O5/c1-4-5-16-36-26-23(32)17-22(28(34)35)31-25(26)27(33)29(19(2)3)18-30(31)24(20-12-8-6-9-13-20)21-14-10-7-11-15-21/h6-15,17,19,24H,4-5,16,18H2,1-3H3,(H,34,35). The molecule has 1 aromatic heterocycles. The number of benzene rings is 2. The van der Waals surface area contributed by atoms with Crippen molar-refractivity contribution >= 4 is 11.9 Å². The summed E-state index contributed by atoms with van der Waals surface area (Å²) < 4.78 is 7.22. The maximum absolute atomic E-state index is 13.7. The maximum atomic E-state index is 13.7. The van der Waals surface area contributed by atoms with Crippen LogP contribution >= 0.6 is 0 Å². The van der Waals surface area contributed by atoms with Crippen molar-refractivity contribution in [3.8, 4) is 5.75 Å². The van der Waals surface area contributed by atoms with E-state index in [1.807, 2.05) is 86.4 Å². The summed E-state index contributed by atoms with van der Waals surface area (Å²) >= 11 is 0. The zero-order valence-corrected chi connectivity index (χ0v) is 20.8. The fourth-order valence-corrected chi connectivity index (χ4v) is 4.47. The number of aromatic nitrogens is 1.